The standard InChI is InChI=1S/C60H41NO/c1-2-14-41(15-3-1)51-36-31-46(45-26-25-40-13-4-5-16-44(40)37-45)39-57(51)61(48-32-27-42(28-33-48)52-22-12-24-59-60(52)55-21-10-11-23-58(55)62-59)49-34-29-43(30-35-49)56-38-47-17-6-7-18-50(47)53-19-8-9-20-54(53)56/h1-9,11-20,22-39H,10,21H2. The molecule has 62 heavy (non-hydrogen) atoms. The van der Waals surface area contributed by atoms with Crippen molar-refractivity contribution in [3.63, 3.8) is 0 Å². The minimum absolute atomic E-state index is 0.946. The van der Waals surface area contributed by atoms with Gasteiger partial charge in [-0.15, -0.1) is 0 Å². The third-order valence-corrected chi connectivity index (χ3v) is 12.7. The van der Waals surface area contributed by atoms with E-state index in [1.165, 1.54) is 76.6 Å². The van der Waals surface area contributed by atoms with Gasteiger partial charge >= 0.3 is 0 Å². The van der Waals surface area contributed by atoms with E-state index in [0.717, 1.165) is 52.4 Å². The molecule has 0 fully saturated rings. The molecule has 1 heterocycles. The Morgan fingerprint density at radius 2 is 1.00 bits per heavy atom. The fraction of sp³-hybridized carbons (Fsp3) is 0.0333. The number of hydrogen-bond acceptors (Lipinski definition) is 2. The van der Waals surface area contributed by atoms with Gasteiger partial charge in [0.15, 0.2) is 0 Å². The van der Waals surface area contributed by atoms with E-state index in [1.54, 1.807) is 0 Å². The van der Waals surface area contributed by atoms with Crippen molar-refractivity contribution in [1.29, 1.82) is 0 Å². The first-order valence-corrected chi connectivity index (χ1v) is 21.5. The summed E-state index contributed by atoms with van der Waals surface area (Å²) in [6, 6.07) is 77.6. The number of rotatable bonds is 7. The molecule has 2 nitrogen and oxygen atoms in total. The van der Waals surface area contributed by atoms with Gasteiger partial charge in [0, 0.05) is 27.9 Å². The van der Waals surface area contributed by atoms with Gasteiger partial charge in [-0.25, -0.2) is 0 Å². The monoisotopic (exact) mass is 791 g/mol. The Kier molecular flexibility index (Phi) is 8.67. The van der Waals surface area contributed by atoms with Crippen LogP contribution in [0.2, 0.25) is 0 Å². The van der Waals surface area contributed by atoms with Crippen molar-refractivity contribution >= 4 is 66.4 Å². The van der Waals surface area contributed by atoms with Crippen molar-refractivity contribution in [2.45, 2.75) is 12.8 Å². The van der Waals surface area contributed by atoms with Crippen LogP contribution in [0.3, 0.4) is 0 Å². The number of nitrogens with zero attached hydrogens (tertiary/aromatic N) is 1. The summed E-state index contributed by atoms with van der Waals surface area (Å²) in [7, 11) is 0. The molecule has 1 aliphatic carbocycles. The second kappa shape index (κ2) is 15.0. The highest BCUT2D eigenvalue weighted by Crippen LogP contribution is 2.45. The van der Waals surface area contributed by atoms with Crippen molar-refractivity contribution in [3.05, 3.63) is 230 Å². The molecule has 0 radical (unpaired) electrons. The van der Waals surface area contributed by atoms with Gasteiger partial charge in [0.2, 0.25) is 0 Å². The predicted molar refractivity (Wildman–Crippen MR) is 263 cm³/mol. The molecular formula is C60H41NO. The lowest BCUT2D eigenvalue weighted by Crippen LogP contribution is -2.11. The lowest BCUT2D eigenvalue weighted by atomic mass is 9.93. The number of fused-ring (bicyclic) bond motifs is 7. The Hall–Kier alpha value is -7.94. The molecule has 11 aromatic rings. The van der Waals surface area contributed by atoms with Crippen molar-refractivity contribution in [2.75, 3.05) is 4.90 Å². The molecule has 0 amide bonds. The molecule has 10 aromatic carbocycles. The normalized spacial score (nSPS) is 12.3. The number of hydrogen-bond donors (Lipinski definition) is 0. The average molecular weight is 792 g/mol. The van der Waals surface area contributed by atoms with Crippen LogP contribution >= 0.6 is 0 Å². The molecule has 0 saturated heterocycles. The molecular weight excluding hydrogens is 751 g/mol. The first kappa shape index (κ1) is 36.0. The molecule has 12 rings (SSSR count). The van der Waals surface area contributed by atoms with Crippen molar-refractivity contribution in [3.8, 4) is 44.5 Å². The van der Waals surface area contributed by atoms with E-state index in [-0.39, 0.29) is 0 Å². The maximum absolute atomic E-state index is 6.35. The Morgan fingerprint density at radius 1 is 0.387 bits per heavy atom. The second-order valence-corrected chi connectivity index (χ2v) is 16.3. The highest BCUT2D eigenvalue weighted by atomic mass is 16.3. The van der Waals surface area contributed by atoms with Gasteiger partial charge in [0.05, 0.1) is 5.69 Å². The zero-order valence-electron chi connectivity index (χ0n) is 34.1. The van der Waals surface area contributed by atoms with E-state index >= 15 is 0 Å². The Morgan fingerprint density at radius 3 is 1.79 bits per heavy atom. The van der Waals surface area contributed by atoms with Gasteiger partial charge in [-0.3, -0.25) is 0 Å². The third-order valence-electron chi connectivity index (χ3n) is 12.7. The van der Waals surface area contributed by atoms with Crippen LogP contribution in [0.1, 0.15) is 17.7 Å². The van der Waals surface area contributed by atoms with Gasteiger partial charge < -0.3 is 9.32 Å². The minimum atomic E-state index is 0.946. The van der Waals surface area contributed by atoms with E-state index in [1.807, 2.05) is 0 Å². The highest BCUT2D eigenvalue weighted by molar-refractivity contribution is 6.14. The number of anilines is 3. The molecule has 2 heteroatoms. The predicted octanol–water partition coefficient (Wildman–Crippen LogP) is 17.0. The quantitative estimate of drug-likeness (QED) is 0.150. The van der Waals surface area contributed by atoms with E-state index in [2.05, 4.69) is 229 Å². The summed E-state index contributed by atoms with van der Waals surface area (Å²) < 4.78 is 6.35. The molecule has 1 aromatic heterocycles. The summed E-state index contributed by atoms with van der Waals surface area (Å²) in [5.41, 5.74) is 15.0. The molecule has 1 aliphatic rings. The van der Waals surface area contributed by atoms with Crippen LogP contribution in [0.15, 0.2) is 223 Å². The molecule has 0 unspecified atom stereocenters. The van der Waals surface area contributed by atoms with Crippen molar-refractivity contribution in [2.24, 2.45) is 0 Å². The Labute approximate surface area is 361 Å². The average Bonchev–Trinajstić information content (AvgIpc) is 3.74. The fourth-order valence-electron chi connectivity index (χ4n) is 9.70. The highest BCUT2D eigenvalue weighted by Gasteiger charge is 2.22. The zero-order chi connectivity index (χ0) is 41.0. The molecule has 0 N–H and O–H groups in total. The van der Waals surface area contributed by atoms with E-state index in [0.29, 0.717) is 0 Å². The maximum Gasteiger partial charge on any atom is 0.135 e. The van der Waals surface area contributed by atoms with Crippen LogP contribution in [-0.4, -0.2) is 0 Å². The number of aryl methyl sites for hydroxylation is 1. The summed E-state index contributed by atoms with van der Waals surface area (Å²) in [6.07, 6.45) is 6.36. The molecule has 0 spiro atoms. The van der Waals surface area contributed by atoms with Crippen molar-refractivity contribution < 1.29 is 4.42 Å². The van der Waals surface area contributed by atoms with Crippen molar-refractivity contribution in [1.82, 2.24) is 0 Å². The smallest absolute Gasteiger partial charge is 0.135 e. The Balaban J connectivity index is 1.04. The van der Waals surface area contributed by atoms with E-state index < -0.39 is 0 Å². The van der Waals surface area contributed by atoms with Crippen LogP contribution in [0.5, 0.6) is 0 Å². The number of furan rings is 1. The summed E-state index contributed by atoms with van der Waals surface area (Å²) >= 11 is 0. The lowest BCUT2D eigenvalue weighted by Gasteiger charge is -2.29. The summed E-state index contributed by atoms with van der Waals surface area (Å²) in [6.45, 7) is 0. The first-order valence-electron chi connectivity index (χ1n) is 21.5. The van der Waals surface area contributed by atoms with E-state index in [9.17, 15) is 0 Å². The second-order valence-electron chi connectivity index (χ2n) is 16.3. The van der Waals surface area contributed by atoms with Crippen LogP contribution in [0.25, 0.3) is 93.9 Å². The summed E-state index contributed by atoms with van der Waals surface area (Å²) in [5.74, 6) is 0.987. The maximum atomic E-state index is 6.35. The zero-order valence-corrected chi connectivity index (χ0v) is 34.1. The fourth-order valence-corrected chi connectivity index (χ4v) is 9.70. The molecule has 0 aliphatic heterocycles. The first-order chi connectivity index (χ1) is 30.7. The number of benzene rings is 10. The molecule has 0 bridgehead atoms. The lowest BCUT2D eigenvalue weighted by molar-refractivity contribution is 0.595. The van der Waals surface area contributed by atoms with Crippen LogP contribution in [-0.2, 0) is 6.42 Å². The Bertz CT molecular complexity index is 3500. The number of allylic oxidation sites excluding steroid dienone is 1. The summed E-state index contributed by atoms with van der Waals surface area (Å²) in [5, 5.41) is 8.74. The van der Waals surface area contributed by atoms with Gasteiger partial charge in [-0.1, -0.05) is 170 Å². The van der Waals surface area contributed by atoms with Gasteiger partial charge in [-0.2, -0.15) is 0 Å². The largest absolute Gasteiger partial charge is 0.456 e. The van der Waals surface area contributed by atoms with E-state index in [4.69, 9.17) is 4.42 Å². The SMILES string of the molecule is C1=Cc2oc3cccc(-c4ccc(N(c5ccc(-c6cc7ccccc7c7ccccc67)cc5)c5cc(-c6ccc7ccccc7c6)ccc5-c5ccccc5)cc4)c3c2CC1. The van der Waals surface area contributed by atoms with Crippen LogP contribution in [0.4, 0.5) is 17.1 Å². The topological polar surface area (TPSA) is 16.4 Å². The minimum Gasteiger partial charge on any atom is -0.456 e. The molecule has 0 atom stereocenters. The van der Waals surface area contributed by atoms with Gasteiger partial charge in [0.1, 0.15) is 11.3 Å². The molecule has 0 saturated carbocycles. The van der Waals surface area contributed by atoms with Gasteiger partial charge in [-0.05, 0) is 139 Å². The van der Waals surface area contributed by atoms with Gasteiger partial charge in [0.25, 0.3) is 0 Å². The molecule has 292 valence electrons. The van der Waals surface area contributed by atoms with Crippen LogP contribution < -0.4 is 4.90 Å². The third kappa shape index (κ3) is 6.19. The summed E-state index contributed by atoms with van der Waals surface area (Å²) in [4.78, 5) is 2.43. The van der Waals surface area contributed by atoms with Crippen LogP contribution in [0, 0.1) is 0 Å².